The summed E-state index contributed by atoms with van der Waals surface area (Å²) < 4.78 is 5.08. The minimum atomic E-state index is -0.556. The zero-order valence-corrected chi connectivity index (χ0v) is 17.5. The van der Waals surface area contributed by atoms with E-state index in [0.717, 1.165) is 23.5 Å². The van der Waals surface area contributed by atoms with Gasteiger partial charge in [-0.25, -0.2) is 9.79 Å². The van der Waals surface area contributed by atoms with Crippen LogP contribution in [0.4, 0.5) is 10.5 Å². The summed E-state index contributed by atoms with van der Waals surface area (Å²) in [6.07, 6.45) is 0.439. The summed E-state index contributed by atoms with van der Waals surface area (Å²) in [5.74, 6) is 0.463. The Labute approximate surface area is 171 Å². The molecule has 4 rings (SSSR count). The summed E-state index contributed by atoms with van der Waals surface area (Å²) in [7, 11) is 3.26. The van der Waals surface area contributed by atoms with E-state index in [4.69, 9.17) is 9.73 Å². The van der Waals surface area contributed by atoms with Gasteiger partial charge >= 0.3 is 6.03 Å². The van der Waals surface area contributed by atoms with Gasteiger partial charge in [0.05, 0.1) is 13.2 Å². The van der Waals surface area contributed by atoms with E-state index in [9.17, 15) is 9.59 Å². The molecular weight excluding hydrogens is 370 g/mol. The summed E-state index contributed by atoms with van der Waals surface area (Å²) in [5.41, 5.74) is 4.26. The number of ether oxygens (including phenoxy) is 1. The third-order valence-corrected chi connectivity index (χ3v) is 6.01. The quantitative estimate of drug-likeness (QED) is 0.762. The molecule has 1 fully saturated rings. The first-order valence-electron chi connectivity index (χ1n) is 9.91. The van der Waals surface area contributed by atoms with Crippen molar-refractivity contribution in [3.05, 3.63) is 41.2 Å². The molecule has 2 unspecified atom stereocenters. The highest BCUT2D eigenvalue weighted by atomic mass is 16.5. The molecule has 1 saturated heterocycles. The number of benzene rings is 1. The largest absolute Gasteiger partial charge is 0.383 e. The van der Waals surface area contributed by atoms with Gasteiger partial charge in [-0.1, -0.05) is 19.1 Å². The van der Waals surface area contributed by atoms with Crippen molar-refractivity contribution in [1.29, 1.82) is 0 Å². The number of allylic oxidation sites excluding steroid dienone is 2. The van der Waals surface area contributed by atoms with Crippen LogP contribution in [0.1, 0.15) is 26.3 Å². The second-order valence-corrected chi connectivity index (χ2v) is 7.56. The maximum atomic E-state index is 13.3. The second-order valence-electron chi connectivity index (χ2n) is 7.56. The van der Waals surface area contributed by atoms with E-state index in [1.165, 1.54) is 10.5 Å². The molecule has 154 valence electrons. The van der Waals surface area contributed by atoms with Crippen molar-refractivity contribution in [3.8, 4) is 0 Å². The number of methoxy groups -OCH3 is 1. The molecule has 3 aliphatic heterocycles. The first kappa shape index (κ1) is 19.4. The van der Waals surface area contributed by atoms with E-state index < -0.39 is 12.2 Å². The summed E-state index contributed by atoms with van der Waals surface area (Å²) in [6, 6.07) is 7.47. The minimum Gasteiger partial charge on any atom is -0.383 e. The zero-order valence-electron chi connectivity index (χ0n) is 17.5. The van der Waals surface area contributed by atoms with Crippen molar-refractivity contribution < 1.29 is 14.3 Å². The highest BCUT2D eigenvalue weighted by molar-refractivity contribution is 6.10. The van der Waals surface area contributed by atoms with Crippen molar-refractivity contribution >= 4 is 23.6 Å². The molecule has 1 aromatic rings. The minimum absolute atomic E-state index is 0.231. The highest BCUT2D eigenvalue weighted by Gasteiger charge is 2.55. The van der Waals surface area contributed by atoms with Gasteiger partial charge in [0.2, 0.25) is 5.96 Å². The van der Waals surface area contributed by atoms with Crippen LogP contribution in [0.2, 0.25) is 0 Å². The number of aliphatic imine (C=N–C) groups is 1. The molecule has 0 radical (unpaired) electrons. The van der Waals surface area contributed by atoms with Gasteiger partial charge in [0, 0.05) is 31.2 Å². The van der Waals surface area contributed by atoms with E-state index in [2.05, 4.69) is 36.1 Å². The molecule has 0 N–H and O–H groups in total. The number of amides is 3. The average Bonchev–Trinajstić information content (AvgIpc) is 3.22. The van der Waals surface area contributed by atoms with Crippen LogP contribution in [0.3, 0.4) is 0 Å². The topological polar surface area (TPSA) is 68.7 Å². The van der Waals surface area contributed by atoms with E-state index in [-0.39, 0.29) is 18.5 Å². The Kier molecular flexibility index (Phi) is 4.82. The fourth-order valence-electron chi connectivity index (χ4n) is 4.19. The molecule has 3 aliphatic rings. The molecule has 3 amide bonds. The van der Waals surface area contributed by atoms with Crippen LogP contribution in [0.15, 0.2) is 40.7 Å². The van der Waals surface area contributed by atoms with Gasteiger partial charge in [-0.15, -0.1) is 0 Å². The molecule has 0 spiro atoms. The second kappa shape index (κ2) is 7.18. The van der Waals surface area contributed by atoms with Crippen LogP contribution in [0, 0.1) is 0 Å². The lowest BCUT2D eigenvalue weighted by atomic mass is 10.1. The molecule has 29 heavy (non-hydrogen) atoms. The van der Waals surface area contributed by atoms with Crippen LogP contribution in [0.5, 0.6) is 0 Å². The number of anilines is 1. The molecule has 8 nitrogen and oxygen atoms in total. The molecule has 0 aliphatic carbocycles. The Bertz CT molecular complexity index is 907. The lowest BCUT2D eigenvalue weighted by Crippen LogP contribution is -2.65. The maximum Gasteiger partial charge on any atom is 0.328 e. The van der Waals surface area contributed by atoms with Crippen LogP contribution in [-0.2, 0) is 16.0 Å². The van der Waals surface area contributed by atoms with Crippen molar-refractivity contribution in [2.45, 2.75) is 39.4 Å². The first-order valence-corrected chi connectivity index (χ1v) is 9.91. The zero-order chi connectivity index (χ0) is 20.9. The third-order valence-electron chi connectivity index (χ3n) is 6.01. The number of carbonyl (C=O) groups is 2. The Hall–Kier alpha value is -2.87. The maximum absolute atomic E-state index is 13.3. The SMILES string of the molecule is CCc1ccc(N2C3=NC4C(C(=O)N(CCOC)C(=O)N4C)N3C(C)=C2C)cc1. The number of hydrogen-bond donors (Lipinski definition) is 0. The van der Waals surface area contributed by atoms with Crippen LogP contribution < -0.4 is 4.90 Å². The Morgan fingerprint density at radius 2 is 1.79 bits per heavy atom. The van der Waals surface area contributed by atoms with Gasteiger partial charge < -0.3 is 9.64 Å². The standard InChI is InChI=1S/C21H27N5O3/c1-6-15-7-9-16(10-8-15)25-13(2)14(3)26-17-18(22-20(25)26)23(4)21(28)24(19(17)27)11-12-29-5/h7-10,17-18H,6,11-12H2,1-5H3. The van der Waals surface area contributed by atoms with Gasteiger partial charge in [-0.2, -0.15) is 0 Å². The summed E-state index contributed by atoms with van der Waals surface area (Å²) in [5, 5.41) is 0. The van der Waals surface area contributed by atoms with E-state index >= 15 is 0 Å². The molecule has 3 heterocycles. The number of hydrogen-bond acceptors (Lipinski definition) is 6. The van der Waals surface area contributed by atoms with Crippen LogP contribution in [0.25, 0.3) is 0 Å². The number of likely N-dealkylation sites (N-methyl/N-ethyl adjacent to an activating group) is 1. The fourth-order valence-corrected chi connectivity index (χ4v) is 4.19. The van der Waals surface area contributed by atoms with Crippen molar-refractivity contribution in [2.75, 3.05) is 32.2 Å². The lowest BCUT2D eigenvalue weighted by molar-refractivity contribution is -0.137. The Balaban J connectivity index is 1.72. The van der Waals surface area contributed by atoms with Crippen molar-refractivity contribution in [2.24, 2.45) is 4.99 Å². The number of nitrogens with zero attached hydrogens (tertiary/aromatic N) is 5. The first-order chi connectivity index (χ1) is 13.9. The molecule has 8 heteroatoms. The van der Waals surface area contributed by atoms with E-state index in [0.29, 0.717) is 12.6 Å². The lowest BCUT2D eigenvalue weighted by Gasteiger charge is -2.40. The number of aryl methyl sites for hydroxylation is 1. The fraction of sp³-hybridized carbons (Fsp3) is 0.476. The molecule has 0 aromatic heterocycles. The normalized spacial score (nSPS) is 23.8. The predicted molar refractivity (Wildman–Crippen MR) is 110 cm³/mol. The van der Waals surface area contributed by atoms with E-state index in [1.807, 2.05) is 18.7 Å². The molecule has 2 atom stereocenters. The summed E-state index contributed by atoms with van der Waals surface area (Å²) in [6.45, 7) is 6.69. The van der Waals surface area contributed by atoms with E-state index in [1.54, 1.807) is 19.1 Å². The van der Waals surface area contributed by atoms with Gasteiger partial charge in [0.1, 0.15) is 0 Å². The molecular formula is C21H27N5O3. The smallest absolute Gasteiger partial charge is 0.328 e. The summed E-state index contributed by atoms with van der Waals surface area (Å²) >= 11 is 0. The number of guanidine groups is 1. The molecule has 0 saturated carbocycles. The number of fused-ring (bicyclic) bond motifs is 3. The van der Waals surface area contributed by atoms with Gasteiger partial charge in [0.15, 0.2) is 12.2 Å². The third kappa shape index (κ3) is 2.81. The van der Waals surface area contributed by atoms with Gasteiger partial charge in [-0.3, -0.25) is 19.5 Å². The number of imide groups is 1. The van der Waals surface area contributed by atoms with Crippen LogP contribution >= 0.6 is 0 Å². The number of carbonyl (C=O) groups excluding carboxylic acids is 2. The van der Waals surface area contributed by atoms with Gasteiger partial charge in [0.25, 0.3) is 5.91 Å². The Morgan fingerprint density at radius 3 is 2.41 bits per heavy atom. The number of rotatable bonds is 5. The monoisotopic (exact) mass is 397 g/mol. The highest BCUT2D eigenvalue weighted by Crippen LogP contribution is 2.39. The van der Waals surface area contributed by atoms with Crippen molar-refractivity contribution in [1.82, 2.24) is 14.7 Å². The molecule has 0 bridgehead atoms. The average molecular weight is 397 g/mol. The van der Waals surface area contributed by atoms with Gasteiger partial charge in [-0.05, 0) is 38.0 Å². The summed E-state index contributed by atoms with van der Waals surface area (Å²) in [4.78, 5) is 37.7. The van der Waals surface area contributed by atoms with Crippen molar-refractivity contribution in [3.63, 3.8) is 0 Å². The van der Waals surface area contributed by atoms with Crippen LogP contribution in [-0.4, -0.2) is 72.1 Å². The number of urea groups is 1. The predicted octanol–water partition coefficient (Wildman–Crippen LogP) is 2.23. The Morgan fingerprint density at radius 1 is 1.10 bits per heavy atom. The molecule has 1 aromatic carbocycles.